The average Bonchev–Trinajstić information content (AvgIpc) is 2.87. The zero-order chi connectivity index (χ0) is 13.7. The summed E-state index contributed by atoms with van der Waals surface area (Å²) in [5.74, 6) is 1.95. The van der Waals surface area contributed by atoms with E-state index >= 15 is 0 Å². The number of hydrogen-bond acceptors (Lipinski definition) is 3. The highest BCUT2D eigenvalue weighted by atomic mass is 32.2. The van der Waals surface area contributed by atoms with Crippen molar-refractivity contribution < 1.29 is 14.7 Å². The molecule has 5 nitrogen and oxygen atoms in total. The Balaban J connectivity index is 1.78. The number of hydrogen-bond donors (Lipinski definition) is 3. The first-order valence-electron chi connectivity index (χ1n) is 6.99. The van der Waals surface area contributed by atoms with E-state index in [1.807, 2.05) is 11.8 Å². The minimum absolute atomic E-state index is 0.331. The van der Waals surface area contributed by atoms with Crippen molar-refractivity contribution in [1.29, 1.82) is 0 Å². The van der Waals surface area contributed by atoms with Crippen LogP contribution < -0.4 is 10.6 Å². The van der Waals surface area contributed by atoms with Gasteiger partial charge in [0.25, 0.3) is 0 Å². The van der Waals surface area contributed by atoms with E-state index in [1.54, 1.807) is 0 Å². The molecule has 0 aromatic rings. The van der Waals surface area contributed by atoms with E-state index in [2.05, 4.69) is 10.6 Å². The van der Waals surface area contributed by atoms with Crippen LogP contribution in [0.1, 0.15) is 38.5 Å². The van der Waals surface area contributed by atoms with Gasteiger partial charge < -0.3 is 15.7 Å². The molecule has 2 fully saturated rings. The molecule has 19 heavy (non-hydrogen) atoms. The van der Waals surface area contributed by atoms with Gasteiger partial charge in [-0.2, -0.15) is 11.8 Å². The van der Waals surface area contributed by atoms with E-state index in [1.165, 1.54) is 0 Å². The van der Waals surface area contributed by atoms with Crippen LogP contribution in [-0.2, 0) is 4.79 Å². The molecule has 1 saturated heterocycles. The van der Waals surface area contributed by atoms with E-state index in [4.69, 9.17) is 0 Å². The van der Waals surface area contributed by atoms with E-state index in [-0.39, 0.29) is 6.03 Å². The van der Waals surface area contributed by atoms with Gasteiger partial charge in [-0.3, -0.25) is 0 Å². The third kappa shape index (κ3) is 3.78. The van der Waals surface area contributed by atoms with Crippen LogP contribution in [-0.4, -0.2) is 40.7 Å². The van der Waals surface area contributed by atoms with Crippen molar-refractivity contribution in [2.45, 2.75) is 44.1 Å². The van der Waals surface area contributed by atoms with Crippen LogP contribution in [0.15, 0.2) is 0 Å². The highest BCUT2D eigenvalue weighted by Gasteiger charge is 2.42. The molecule has 1 aliphatic carbocycles. The Labute approximate surface area is 117 Å². The molecule has 0 bridgehead atoms. The van der Waals surface area contributed by atoms with Gasteiger partial charge in [0.1, 0.15) is 5.54 Å². The van der Waals surface area contributed by atoms with Crippen LogP contribution in [0.4, 0.5) is 4.79 Å². The molecule has 3 N–H and O–H groups in total. The molecule has 6 heteroatoms. The Morgan fingerprint density at radius 1 is 1.21 bits per heavy atom. The van der Waals surface area contributed by atoms with E-state index in [0.29, 0.717) is 25.3 Å². The van der Waals surface area contributed by atoms with Gasteiger partial charge in [-0.15, -0.1) is 0 Å². The van der Waals surface area contributed by atoms with Gasteiger partial charge in [-0.25, -0.2) is 9.59 Å². The molecule has 2 aliphatic rings. The first kappa shape index (κ1) is 14.5. The van der Waals surface area contributed by atoms with Crippen molar-refractivity contribution >= 4 is 23.8 Å². The fourth-order valence-electron chi connectivity index (χ4n) is 2.82. The topological polar surface area (TPSA) is 78.4 Å². The summed E-state index contributed by atoms with van der Waals surface area (Å²) in [4.78, 5) is 23.2. The van der Waals surface area contributed by atoms with Crippen LogP contribution in [0.25, 0.3) is 0 Å². The molecule has 2 amide bonds. The number of carboxylic acid groups (broad SMARTS) is 1. The lowest BCUT2D eigenvalue weighted by Crippen LogP contribution is -2.56. The second kappa shape index (κ2) is 6.50. The molecule has 0 aromatic heterocycles. The number of aliphatic carboxylic acids is 1. The van der Waals surface area contributed by atoms with Crippen molar-refractivity contribution in [3.8, 4) is 0 Å². The van der Waals surface area contributed by atoms with Crippen LogP contribution in [0, 0.1) is 5.92 Å². The summed E-state index contributed by atoms with van der Waals surface area (Å²) in [5, 5.41) is 14.8. The fourth-order valence-corrected chi connectivity index (χ4v) is 4.02. The van der Waals surface area contributed by atoms with Crippen LogP contribution in [0.3, 0.4) is 0 Å². The highest BCUT2D eigenvalue weighted by molar-refractivity contribution is 7.99. The Morgan fingerprint density at radius 2 is 1.84 bits per heavy atom. The second-order valence-corrected chi connectivity index (χ2v) is 6.71. The van der Waals surface area contributed by atoms with Crippen LogP contribution >= 0.6 is 11.8 Å². The lowest BCUT2D eigenvalue weighted by Gasteiger charge is -2.27. The third-order valence-corrected chi connectivity index (χ3v) is 5.16. The number of carbonyl (C=O) groups excluding carboxylic acids is 1. The highest BCUT2D eigenvalue weighted by Crippen LogP contribution is 2.29. The number of thioether (sulfide) groups is 1. The predicted octanol–water partition coefficient (Wildman–Crippen LogP) is 1.83. The van der Waals surface area contributed by atoms with Crippen molar-refractivity contribution in [2.75, 3.05) is 18.1 Å². The van der Waals surface area contributed by atoms with Gasteiger partial charge in [0, 0.05) is 6.54 Å². The molecular formula is C13H22N2O3S. The zero-order valence-corrected chi connectivity index (χ0v) is 11.9. The predicted molar refractivity (Wildman–Crippen MR) is 75.4 cm³/mol. The second-order valence-electron chi connectivity index (χ2n) is 5.49. The molecule has 108 valence electrons. The molecule has 1 saturated carbocycles. The molecule has 0 spiro atoms. The molecule has 0 unspecified atom stereocenters. The summed E-state index contributed by atoms with van der Waals surface area (Å²) >= 11 is 1.96. The Bertz CT molecular complexity index is 337. The monoisotopic (exact) mass is 286 g/mol. The van der Waals surface area contributed by atoms with E-state index in [0.717, 1.165) is 37.2 Å². The lowest BCUT2D eigenvalue weighted by molar-refractivity contribution is -0.144. The third-order valence-electron chi connectivity index (χ3n) is 4.11. The van der Waals surface area contributed by atoms with Gasteiger partial charge in [-0.05, 0) is 43.1 Å². The Kier molecular flexibility index (Phi) is 4.96. The zero-order valence-electron chi connectivity index (χ0n) is 11.1. The summed E-state index contributed by atoms with van der Waals surface area (Å²) in [7, 11) is 0. The number of carboxylic acids is 1. The van der Waals surface area contributed by atoms with E-state index < -0.39 is 11.5 Å². The summed E-state index contributed by atoms with van der Waals surface area (Å²) in [6, 6.07) is -0.331. The molecule has 0 radical (unpaired) electrons. The number of amides is 2. The molecule has 0 atom stereocenters. The maximum absolute atomic E-state index is 11.9. The van der Waals surface area contributed by atoms with Gasteiger partial charge in [0.05, 0.1) is 0 Å². The van der Waals surface area contributed by atoms with Gasteiger partial charge >= 0.3 is 12.0 Å². The standard InChI is InChI=1S/C13H22N2O3S/c16-11(17)13(5-1-2-6-13)15-12(18)14-9-10-3-7-19-8-4-10/h10H,1-9H2,(H,16,17)(H2,14,15,18). The SMILES string of the molecule is O=C(NCC1CCSCC1)NC1(C(=O)O)CCCC1. The largest absolute Gasteiger partial charge is 0.480 e. The van der Waals surface area contributed by atoms with E-state index in [9.17, 15) is 14.7 Å². The molecule has 1 aliphatic heterocycles. The van der Waals surface area contributed by atoms with Crippen LogP contribution in [0.2, 0.25) is 0 Å². The molecular weight excluding hydrogens is 264 g/mol. The number of nitrogens with one attached hydrogen (secondary N) is 2. The normalized spacial score (nSPS) is 22.9. The first-order valence-corrected chi connectivity index (χ1v) is 8.15. The van der Waals surface area contributed by atoms with Crippen LogP contribution in [0.5, 0.6) is 0 Å². The minimum Gasteiger partial charge on any atom is -0.480 e. The maximum Gasteiger partial charge on any atom is 0.329 e. The summed E-state index contributed by atoms with van der Waals surface area (Å²) in [6.07, 6.45) is 5.08. The summed E-state index contributed by atoms with van der Waals surface area (Å²) in [5.41, 5.74) is -1.04. The Hall–Kier alpha value is -0.910. The van der Waals surface area contributed by atoms with Crippen molar-refractivity contribution in [2.24, 2.45) is 5.92 Å². The van der Waals surface area contributed by atoms with Crippen molar-refractivity contribution in [3.63, 3.8) is 0 Å². The number of urea groups is 1. The molecule has 2 rings (SSSR count). The maximum atomic E-state index is 11.9. The summed E-state index contributed by atoms with van der Waals surface area (Å²) < 4.78 is 0. The molecule has 0 aromatic carbocycles. The minimum atomic E-state index is -1.04. The van der Waals surface area contributed by atoms with Gasteiger partial charge in [0.2, 0.25) is 0 Å². The molecule has 1 heterocycles. The Morgan fingerprint density at radius 3 is 2.42 bits per heavy atom. The van der Waals surface area contributed by atoms with Gasteiger partial charge in [0.15, 0.2) is 0 Å². The van der Waals surface area contributed by atoms with Crippen molar-refractivity contribution in [3.05, 3.63) is 0 Å². The summed E-state index contributed by atoms with van der Waals surface area (Å²) in [6.45, 7) is 0.655. The number of carbonyl (C=O) groups is 2. The smallest absolute Gasteiger partial charge is 0.329 e. The average molecular weight is 286 g/mol. The number of rotatable bonds is 4. The fraction of sp³-hybridized carbons (Fsp3) is 0.846. The quantitative estimate of drug-likeness (QED) is 0.736. The van der Waals surface area contributed by atoms with Crippen molar-refractivity contribution in [1.82, 2.24) is 10.6 Å². The first-order chi connectivity index (χ1) is 9.12. The lowest BCUT2D eigenvalue weighted by atomic mass is 9.98. The van der Waals surface area contributed by atoms with Gasteiger partial charge in [-0.1, -0.05) is 12.8 Å².